The Balaban J connectivity index is 1.65. The van der Waals surface area contributed by atoms with E-state index in [4.69, 9.17) is 10.5 Å². The number of hydrogen-bond acceptors (Lipinski definition) is 3. The Labute approximate surface area is 149 Å². The number of halogens is 3. The van der Waals surface area contributed by atoms with Crippen LogP contribution in [0.4, 0.5) is 13.2 Å². The summed E-state index contributed by atoms with van der Waals surface area (Å²) in [6.07, 6.45) is 0.500. The summed E-state index contributed by atoms with van der Waals surface area (Å²) in [5, 5.41) is 2.34. The number of carbonyl (C=O) groups excluding carboxylic acids is 1. The molecule has 0 radical (unpaired) electrons. The fourth-order valence-corrected chi connectivity index (χ4v) is 2.57. The average Bonchev–Trinajstić information content (AvgIpc) is 3.23. The molecule has 26 heavy (non-hydrogen) atoms. The fourth-order valence-electron chi connectivity index (χ4n) is 2.57. The summed E-state index contributed by atoms with van der Waals surface area (Å²) < 4.78 is 45.3. The smallest absolute Gasteiger partial charge is 0.254 e. The summed E-state index contributed by atoms with van der Waals surface area (Å²) in [7, 11) is 0. The SMILES string of the molecule is NCCc1ccc(Oc2ccc(F)c(C(=O)NCC3CC3(F)F)c2)cc1. The van der Waals surface area contributed by atoms with Crippen LogP contribution in [0.3, 0.4) is 0 Å². The van der Waals surface area contributed by atoms with Crippen LogP contribution in [0.5, 0.6) is 11.5 Å². The number of hydrogen-bond donors (Lipinski definition) is 2. The Hall–Kier alpha value is -2.54. The average molecular weight is 364 g/mol. The van der Waals surface area contributed by atoms with Crippen LogP contribution in [0.25, 0.3) is 0 Å². The Morgan fingerprint density at radius 2 is 1.85 bits per heavy atom. The standard InChI is InChI=1S/C19H19F3N2O2/c20-17-6-5-15(26-14-3-1-12(2-4-14)7-8-23)9-16(17)18(25)24-11-13-10-19(13,21)22/h1-6,9,13H,7-8,10-11,23H2,(H,24,25). The van der Waals surface area contributed by atoms with Crippen molar-refractivity contribution in [3.8, 4) is 11.5 Å². The molecule has 2 aromatic rings. The highest BCUT2D eigenvalue weighted by Gasteiger charge is 2.56. The van der Waals surface area contributed by atoms with E-state index < -0.39 is 23.6 Å². The first-order chi connectivity index (χ1) is 12.4. The molecule has 0 bridgehead atoms. The molecule has 0 spiro atoms. The van der Waals surface area contributed by atoms with Crippen molar-refractivity contribution in [3.63, 3.8) is 0 Å². The van der Waals surface area contributed by atoms with Gasteiger partial charge in [-0.3, -0.25) is 4.79 Å². The zero-order valence-corrected chi connectivity index (χ0v) is 14.0. The molecule has 3 rings (SSSR count). The monoisotopic (exact) mass is 364 g/mol. The van der Waals surface area contributed by atoms with Gasteiger partial charge >= 0.3 is 0 Å². The predicted octanol–water partition coefficient (Wildman–Crippen LogP) is 3.50. The number of nitrogens with two attached hydrogens (primary N) is 1. The van der Waals surface area contributed by atoms with Gasteiger partial charge in [-0.1, -0.05) is 12.1 Å². The first-order valence-corrected chi connectivity index (χ1v) is 8.31. The zero-order valence-electron chi connectivity index (χ0n) is 14.0. The quantitative estimate of drug-likeness (QED) is 0.790. The molecule has 0 aliphatic heterocycles. The maximum Gasteiger partial charge on any atom is 0.254 e. The summed E-state index contributed by atoms with van der Waals surface area (Å²) in [6.45, 7) is 0.363. The Morgan fingerprint density at radius 3 is 2.46 bits per heavy atom. The lowest BCUT2D eigenvalue weighted by atomic mass is 10.1. The van der Waals surface area contributed by atoms with Crippen LogP contribution in [0.1, 0.15) is 22.3 Å². The van der Waals surface area contributed by atoms with Crippen LogP contribution in [0.15, 0.2) is 42.5 Å². The largest absolute Gasteiger partial charge is 0.457 e. The minimum absolute atomic E-state index is 0.182. The van der Waals surface area contributed by atoms with E-state index in [0.29, 0.717) is 12.3 Å². The summed E-state index contributed by atoms with van der Waals surface area (Å²) >= 11 is 0. The van der Waals surface area contributed by atoms with Crippen molar-refractivity contribution in [3.05, 3.63) is 59.4 Å². The number of alkyl halides is 2. The molecule has 3 N–H and O–H groups in total. The molecule has 1 aliphatic carbocycles. The number of ether oxygens (including phenoxy) is 1. The molecule has 1 fully saturated rings. The molecular formula is C19H19F3N2O2. The van der Waals surface area contributed by atoms with Crippen LogP contribution in [-0.2, 0) is 6.42 Å². The molecule has 1 atom stereocenters. The van der Waals surface area contributed by atoms with Gasteiger partial charge in [0.25, 0.3) is 11.8 Å². The highest BCUT2D eigenvalue weighted by molar-refractivity contribution is 5.94. The van der Waals surface area contributed by atoms with E-state index in [0.717, 1.165) is 18.1 Å². The van der Waals surface area contributed by atoms with Gasteiger partial charge in [0.2, 0.25) is 0 Å². The van der Waals surface area contributed by atoms with Crippen molar-refractivity contribution in [2.45, 2.75) is 18.8 Å². The van der Waals surface area contributed by atoms with Crippen LogP contribution in [0.2, 0.25) is 0 Å². The van der Waals surface area contributed by atoms with Gasteiger partial charge in [0, 0.05) is 18.9 Å². The molecule has 7 heteroatoms. The summed E-state index contributed by atoms with van der Waals surface area (Å²) in [4.78, 5) is 12.1. The van der Waals surface area contributed by atoms with Crippen molar-refractivity contribution in [2.75, 3.05) is 13.1 Å². The lowest BCUT2D eigenvalue weighted by molar-refractivity contribution is 0.0892. The van der Waals surface area contributed by atoms with Crippen LogP contribution in [0, 0.1) is 11.7 Å². The van der Waals surface area contributed by atoms with Gasteiger partial charge in [-0.05, 0) is 48.9 Å². The normalized spacial score (nSPS) is 17.6. The van der Waals surface area contributed by atoms with Gasteiger partial charge in [0.1, 0.15) is 17.3 Å². The lowest BCUT2D eigenvalue weighted by Gasteiger charge is -2.10. The van der Waals surface area contributed by atoms with Gasteiger partial charge < -0.3 is 15.8 Å². The highest BCUT2D eigenvalue weighted by Crippen LogP contribution is 2.48. The van der Waals surface area contributed by atoms with E-state index >= 15 is 0 Å². The number of nitrogens with one attached hydrogen (secondary N) is 1. The second-order valence-electron chi connectivity index (χ2n) is 6.30. The lowest BCUT2D eigenvalue weighted by Crippen LogP contribution is -2.27. The van der Waals surface area contributed by atoms with Gasteiger partial charge in [-0.15, -0.1) is 0 Å². The van der Waals surface area contributed by atoms with Crippen LogP contribution < -0.4 is 15.8 Å². The number of rotatable bonds is 7. The van der Waals surface area contributed by atoms with Gasteiger partial charge in [-0.25, -0.2) is 13.2 Å². The number of amides is 1. The van der Waals surface area contributed by atoms with Crippen molar-refractivity contribution in [1.29, 1.82) is 0 Å². The number of benzene rings is 2. The molecule has 1 saturated carbocycles. The molecule has 0 aromatic heterocycles. The first kappa shape index (κ1) is 18.3. The van der Waals surface area contributed by atoms with Crippen molar-refractivity contribution < 1.29 is 22.7 Å². The molecule has 0 heterocycles. The molecule has 138 valence electrons. The van der Waals surface area contributed by atoms with Gasteiger partial charge in [0.05, 0.1) is 5.56 Å². The maximum atomic E-state index is 13.9. The van der Waals surface area contributed by atoms with Gasteiger partial charge in [0.15, 0.2) is 0 Å². The van der Waals surface area contributed by atoms with E-state index in [9.17, 15) is 18.0 Å². The Morgan fingerprint density at radius 1 is 1.19 bits per heavy atom. The summed E-state index contributed by atoms with van der Waals surface area (Å²) in [5.41, 5.74) is 6.32. The maximum absolute atomic E-state index is 13.9. The van der Waals surface area contributed by atoms with Crippen molar-refractivity contribution in [1.82, 2.24) is 5.32 Å². The molecule has 4 nitrogen and oxygen atoms in total. The first-order valence-electron chi connectivity index (χ1n) is 8.31. The third-order valence-corrected chi connectivity index (χ3v) is 4.24. The van der Waals surface area contributed by atoms with Crippen LogP contribution >= 0.6 is 0 Å². The molecule has 0 saturated heterocycles. The minimum Gasteiger partial charge on any atom is -0.457 e. The van der Waals surface area contributed by atoms with E-state index in [1.54, 1.807) is 12.1 Å². The number of carbonyl (C=O) groups is 1. The van der Waals surface area contributed by atoms with E-state index in [-0.39, 0.29) is 24.3 Å². The fraction of sp³-hybridized carbons (Fsp3) is 0.316. The summed E-state index contributed by atoms with van der Waals surface area (Å²) in [6, 6.07) is 11.0. The summed E-state index contributed by atoms with van der Waals surface area (Å²) in [5.74, 6) is -4.28. The van der Waals surface area contributed by atoms with Crippen LogP contribution in [-0.4, -0.2) is 24.9 Å². The molecule has 1 unspecified atom stereocenters. The van der Waals surface area contributed by atoms with Crippen molar-refractivity contribution in [2.24, 2.45) is 11.7 Å². The zero-order chi connectivity index (χ0) is 18.7. The molecule has 1 amide bonds. The van der Waals surface area contributed by atoms with Gasteiger partial charge in [-0.2, -0.15) is 0 Å². The highest BCUT2D eigenvalue weighted by atomic mass is 19.3. The third-order valence-electron chi connectivity index (χ3n) is 4.24. The van der Waals surface area contributed by atoms with E-state index in [1.807, 2.05) is 12.1 Å². The van der Waals surface area contributed by atoms with E-state index in [2.05, 4.69) is 5.32 Å². The Bertz CT molecular complexity index is 794. The molecule has 2 aromatic carbocycles. The molecular weight excluding hydrogens is 345 g/mol. The predicted molar refractivity (Wildman–Crippen MR) is 91.1 cm³/mol. The second-order valence-corrected chi connectivity index (χ2v) is 6.30. The van der Waals surface area contributed by atoms with Crippen molar-refractivity contribution >= 4 is 5.91 Å². The topological polar surface area (TPSA) is 64.3 Å². The van der Waals surface area contributed by atoms with E-state index in [1.165, 1.54) is 12.1 Å². The second kappa shape index (κ2) is 7.37. The minimum atomic E-state index is -2.73. The Kier molecular flexibility index (Phi) is 5.18. The molecule has 1 aliphatic rings. The third kappa shape index (κ3) is 4.35.